The number of oxime groups is 1. The van der Waals surface area contributed by atoms with Gasteiger partial charge in [0, 0.05) is 12.6 Å². The van der Waals surface area contributed by atoms with E-state index in [4.69, 9.17) is 10.3 Å². The molecular weight excluding hydrogens is 182 g/mol. The molecule has 0 rings (SSSR count). The highest BCUT2D eigenvalue weighted by atomic mass is 16.4. The van der Waals surface area contributed by atoms with Crippen LogP contribution in [0, 0.1) is 0 Å². The lowest BCUT2D eigenvalue weighted by molar-refractivity contribution is -0.137. The average molecular weight is 201 g/mol. The maximum absolute atomic E-state index is 10.2. The maximum atomic E-state index is 10.2. The fraction of sp³-hybridized carbons (Fsp3) is 0.800. The van der Waals surface area contributed by atoms with Crippen molar-refractivity contribution in [2.24, 2.45) is 5.16 Å². The van der Waals surface area contributed by atoms with Crippen molar-refractivity contribution in [3.05, 3.63) is 0 Å². The molecule has 0 aliphatic rings. The maximum Gasteiger partial charge on any atom is 0.303 e. The lowest BCUT2D eigenvalue weighted by Gasteiger charge is -1.98. The molecule has 0 aliphatic carbocycles. The third-order valence-corrected chi connectivity index (χ3v) is 2.06. The summed E-state index contributed by atoms with van der Waals surface area (Å²) in [6.45, 7) is 0. The first-order valence-corrected chi connectivity index (χ1v) is 5.15. The third kappa shape index (κ3) is 10.9. The van der Waals surface area contributed by atoms with Crippen LogP contribution in [0.3, 0.4) is 0 Å². The van der Waals surface area contributed by atoms with Gasteiger partial charge in [0.05, 0.1) is 0 Å². The monoisotopic (exact) mass is 201 g/mol. The molecule has 0 aromatic carbocycles. The van der Waals surface area contributed by atoms with E-state index in [0.717, 1.165) is 44.9 Å². The van der Waals surface area contributed by atoms with Crippen molar-refractivity contribution in [1.29, 1.82) is 0 Å². The Morgan fingerprint density at radius 1 is 1.07 bits per heavy atom. The van der Waals surface area contributed by atoms with E-state index in [1.54, 1.807) is 0 Å². The Morgan fingerprint density at radius 3 is 2.21 bits per heavy atom. The first-order chi connectivity index (χ1) is 6.77. The molecule has 0 aromatic heterocycles. The number of nitrogens with zero attached hydrogens (tertiary/aromatic N) is 1. The molecule has 0 radical (unpaired) electrons. The molecule has 0 unspecified atom stereocenters. The standard InChI is InChI=1S/C10H19NO3/c12-10(13)8-6-4-2-1-3-5-7-9-11-14/h9,14H,1-8H2,(H,12,13)/b11-9+. The van der Waals surface area contributed by atoms with Crippen LogP contribution in [0.2, 0.25) is 0 Å². The highest BCUT2D eigenvalue weighted by Crippen LogP contribution is 2.07. The second-order valence-corrected chi connectivity index (χ2v) is 3.35. The van der Waals surface area contributed by atoms with Crippen molar-refractivity contribution in [1.82, 2.24) is 0 Å². The molecule has 4 heteroatoms. The van der Waals surface area contributed by atoms with Gasteiger partial charge >= 0.3 is 5.97 Å². The summed E-state index contributed by atoms with van der Waals surface area (Å²) in [5.41, 5.74) is 0. The Kier molecular flexibility index (Phi) is 9.26. The van der Waals surface area contributed by atoms with Crippen LogP contribution in [0.5, 0.6) is 0 Å². The lowest BCUT2D eigenvalue weighted by Crippen LogP contribution is -1.93. The molecule has 0 spiro atoms. The molecule has 0 heterocycles. The zero-order valence-corrected chi connectivity index (χ0v) is 8.48. The fourth-order valence-electron chi connectivity index (χ4n) is 1.28. The second kappa shape index (κ2) is 10.0. The van der Waals surface area contributed by atoms with E-state index in [0.29, 0.717) is 0 Å². The molecule has 4 nitrogen and oxygen atoms in total. The second-order valence-electron chi connectivity index (χ2n) is 3.35. The molecule has 0 aromatic rings. The van der Waals surface area contributed by atoms with Crippen molar-refractivity contribution < 1.29 is 15.1 Å². The summed E-state index contributed by atoms with van der Waals surface area (Å²) in [6.07, 6.45) is 8.81. The Morgan fingerprint density at radius 2 is 1.64 bits per heavy atom. The number of carboxylic acid groups (broad SMARTS) is 1. The summed E-state index contributed by atoms with van der Waals surface area (Å²) in [6, 6.07) is 0. The smallest absolute Gasteiger partial charge is 0.303 e. The lowest BCUT2D eigenvalue weighted by atomic mass is 10.1. The third-order valence-electron chi connectivity index (χ3n) is 2.06. The van der Waals surface area contributed by atoms with Crippen LogP contribution in [0.4, 0.5) is 0 Å². The Bertz CT molecular complexity index is 169. The van der Waals surface area contributed by atoms with Crippen LogP contribution in [-0.2, 0) is 4.79 Å². The predicted octanol–water partition coefficient (Wildman–Crippen LogP) is 2.65. The SMILES string of the molecule is O=C(O)CCCCCCCC/C=N/O. The average Bonchev–Trinajstić information content (AvgIpc) is 2.15. The van der Waals surface area contributed by atoms with E-state index < -0.39 is 5.97 Å². The Balaban J connectivity index is 2.95. The van der Waals surface area contributed by atoms with Crippen LogP contribution in [0.15, 0.2) is 5.16 Å². The van der Waals surface area contributed by atoms with Gasteiger partial charge in [0.1, 0.15) is 0 Å². The number of aliphatic carboxylic acids is 1. The molecule has 0 amide bonds. The van der Waals surface area contributed by atoms with Crippen molar-refractivity contribution in [2.75, 3.05) is 0 Å². The van der Waals surface area contributed by atoms with Crippen molar-refractivity contribution >= 4 is 12.2 Å². The molecule has 0 fully saturated rings. The highest BCUT2D eigenvalue weighted by Gasteiger charge is 1.95. The Hall–Kier alpha value is -1.06. The van der Waals surface area contributed by atoms with Gasteiger partial charge in [0.25, 0.3) is 0 Å². The van der Waals surface area contributed by atoms with Gasteiger partial charge in [-0.1, -0.05) is 25.7 Å². The van der Waals surface area contributed by atoms with E-state index >= 15 is 0 Å². The van der Waals surface area contributed by atoms with Gasteiger partial charge in [-0.05, 0) is 19.3 Å². The molecule has 2 N–H and O–H groups in total. The number of hydrogen-bond donors (Lipinski definition) is 2. The minimum Gasteiger partial charge on any atom is -0.481 e. The number of unbranched alkanes of at least 4 members (excludes halogenated alkanes) is 6. The van der Waals surface area contributed by atoms with Gasteiger partial charge in [0.15, 0.2) is 0 Å². The number of carbonyl (C=O) groups is 1. The number of hydrogen-bond acceptors (Lipinski definition) is 3. The molecule has 0 saturated carbocycles. The molecule has 0 bridgehead atoms. The summed E-state index contributed by atoms with van der Waals surface area (Å²) >= 11 is 0. The van der Waals surface area contributed by atoms with Crippen LogP contribution in [0.1, 0.15) is 51.4 Å². The summed E-state index contributed by atoms with van der Waals surface area (Å²) < 4.78 is 0. The van der Waals surface area contributed by atoms with Gasteiger partial charge < -0.3 is 10.3 Å². The van der Waals surface area contributed by atoms with E-state index in [1.165, 1.54) is 6.21 Å². The van der Waals surface area contributed by atoms with Crippen LogP contribution >= 0.6 is 0 Å². The van der Waals surface area contributed by atoms with Crippen molar-refractivity contribution in [3.8, 4) is 0 Å². The fourth-order valence-corrected chi connectivity index (χ4v) is 1.28. The van der Waals surface area contributed by atoms with Gasteiger partial charge in [-0.3, -0.25) is 4.79 Å². The van der Waals surface area contributed by atoms with E-state index in [2.05, 4.69) is 5.16 Å². The topological polar surface area (TPSA) is 69.9 Å². The van der Waals surface area contributed by atoms with E-state index in [-0.39, 0.29) is 6.42 Å². The van der Waals surface area contributed by atoms with Gasteiger partial charge in [-0.2, -0.15) is 0 Å². The summed E-state index contributed by atoms with van der Waals surface area (Å²) in [5, 5.41) is 19.4. The molecule has 14 heavy (non-hydrogen) atoms. The van der Waals surface area contributed by atoms with E-state index in [1.807, 2.05) is 0 Å². The van der Waals surface area contributed by atoms with Gasteiger partial charge in [0.2, 0.25) is 0 Å². The number of rotatable bonds is 9. The molecule has 0 saturated heterocycles. The van der Waals surface area contributed by atoms with Crippen molar-refractivity contribution in [3.63, 3.8) is 0 Å². The highest BCUT2D eigenvalue weighted by molar-refractivity contribution is 5.66. The number of carboxylic acids is 1. The van der Waals surface area contributed by atoms with Crippen LogP contribution in [0.25, 0.3) is 0 Å². The largest absolute Gasteiger partial charge is 0.481 e. The van der Waals surface area contributed by atoms with Gasteiger partial charge in [-0.15, -0.1) is 5.16 Å². The van der Waals surface area contributed by atoms with Gasteiger partial charge in [-0.25, -0.2) is 0 Å². The first kappa shape index (κ1) is 12.9. The van der Waals surface area contributed by atoms with E-state index in [9.17, 15) is 4.79 Å². The Labute approximate surface area is 84.6 Å². The molecular formula is C10H19NO3. The first-order valence-electron chi connectivity index (χ1n) is 5.15. The summed E-state index contributed by atoms with van der Waals surface area (Å²) in [5.74, 6) is -0.704. The summed E-state index contributed by atoms with van der Waals surface area (Å²) in [4.78, 5) is 10.2. The van der Waals surface area contributed by atoms with Crippen molar-refractivity contribution in [2.45, 2.75) is 51.4 Å². The van der Waals surface area contributed by atoms with Crippen LogP contribution in [-0.4, -0.2) is 22.5 Å². The molecule has 0 atom stereocenters. The zero-order valence-electron chi connectivity index (χ0n) is 8.48. The minimum absolute atomic E-state index is 0.289. The predicted molar refractivity (Wildman–Crippen MR) is 54.9 cm³/mol. The summed E-state index contributed by atoms with van der Waals surface area (Å²) in [7, 11) is 0. The van der Waals surface area contributed by atoms with Crippen LogP contribution < -0.4 is 0 Å². The quantitative estimate of drug-likeness (QED) is 0.261. The zero-order chi connectivity index (χ0) is 10.6. The normalized spacial score (nSPS) is 10.9. The minimum atomic E-state index is -0.704. The molecule has 82 valence electrons. The molecule has 0 aliphatic heterocycles.